The summed E-state index contributed by atoms with van der Waals surface area (Å²) in [5.41, 5.74) is 1.64. The third-order valence-corrected chi connectivity index (χ3v) is 3.90. The zero-order chi connectivity index (χ0) is 11.0. The fourth-order valence-electron chi connectivity index (χ4n) is 1.54. The molecule has 3 rings (SSSR count). The predicted molar refractivity (Wildman–Crippen MR) is 63.6 cm³/mol. The first kappa shape index (κ1) is 9.83. The van der Waals surface area contributed by atoms with Crippen LogP contribution in [0.3, 0.4) is 0 Å². The summed E-state index contributed by atoms with van der Waals surface area (Å²) in [7, 11) is 0. The molecule has 1 N–H and O–H groups in total. The van der Waals surface area contributed by atoms with Crippen molar-refractivity contribution in [3.63, 3.8) is 0 Å². The number of aromatic nitrogens is 3. The normalized spacial score (nSPS) is 13.1. The lowest BCUT2D eigenvalue weighted by Crippen LogP contribution is -1.98. The molecular formula is C10H7N3OS2. The van der Waals surface area contributed by atoms with Crippen LogP contribution in [-0.2, 0) is 0 Å². The number of nitrogens with zero attached hydrogens (tertiary/aromatic N) is 3. The Labute approximate surface area is 99.4 Å². The molecule has 1 aromatic carbocycles. The number of rotatable bonds is 2. The highest BCUT2D eigenvalue weighted by Crippen LogP contribution is 2.30. The highest BCUT2D eigenvalue weighted by molar-refractivity contribution is 7.13. The fourth-order valence-corrected chi connectivity index (χ4v) is 2.88. The van der Waals surface area contributed by atoms with Crippen molar-refractivity contribution >= 4 is 33.1 Å². The van der Waals surface area contributed by atoms with Gasteiger partial charge >= 0.3 is 0 Å². The van der Waals surface area contributed by atoms with E-state index in [4.69, 9.17) is 0 Å². The van der Waals surface area contributed by atoms with Crippen LogP contribution >= 0.6 is 22.9 Å². The van der Waals surface area contributed by atoms with Crippen LogP contribution in [0, 0.1) is 0 Å². The van der Waals surface area contributed by atoms with Crippen LogP contribution in [0.1, 0.15) is 16.7 Å². The SMILES string of the molecule is OC(c1nccs1)c1cccc2nnsc12. The van der Waals surface area contributed by atoms with Gasteiger partial charge in [0.05, 0.1) is 4.70 Å². The lowest BCUT2D eigenvalue weighted by Gasteiger charge is -2.07. The van der Waals surface area contributed by atoms with Gasteiger partial charge in [0.15, 0.2) is 0 Å². The summed E-state index contributed by atoms with van der Waals surface area (Å²) >= 11 is 2.74. The lowest BCUT2D eigenvalue weighted by atomic mass is 10.1. The van der Waals surface area contributed by atoms with Crippen molar-refractivity contribution in [3.05, 3.63) is 40.3 Å². The van der Waals surface area contributed by atoms with Crippen LogP contribution in [0.4, 0.5) is 0 Å². The van der Waals surface area contributed by atoms with Crippen molar-refractivity contribution in [3.8, 4) is 0 Å². The number of fused-ring (bicyclic) bond motifs is 1. The van der Waals surface area contributed by atoms with Gasteiger partial charge in [-0.2, -0.15) is 0 Å². The summed E-state index contributed by atoms with van der Waals surface area (Å²) in [6, 6.07) is 5.64. The van der Waals surface area contributed by atoms with Crippen molar-refractivity contribution in [2.24, 2.45) is 0 Å². The van der Waals surface area contributed by atoms with Gasteiger partial charge in [0, 0.05) is 17.1 Å². The number of thiazole rings is 1. The standard InChI is InChI=1S/C10H7N3OS2/c14-8(10-11-4-5-15-10)6-2-1-3-7-9(6)16-13-12-7/h1-5,8,14H. The minimum absolute atomic E-state index is 0.689. The molecule has 0 bridgehead atoms. The molecule has 0 saturated heterocycles. The van der Waals surface area contributed by atoms with Gasteiger partial charge in [0.1, 0.15) is 16.6 Å². The van der Waals surface area contributed by atoms with Gasteiger partial charge < -0.3 is 5.11 Å². The molecule has 4 nitrogen and oxygen atoms in total. The van der Waals surface area contributed by atoms with Crippen LogP contribution in [0.5, 0.6) is 0 Å². The maximum atomic E-state index is 10.2. The zero-order valence-electron chi connectivity index (χ0n) is 8.07. The molecule has 0 aliphatic rings. The number of benzene rings is 1. The quantitative estimate of drug-likeness (QED) is 0.756. The van der Waals surface area contributed by atoms with E-state index in [0.29, 0.717) is 5.01 Å². The van der Waals surface area contributed by atoms with Gasteiger partial charge in [-0.1, -0.05) is 16.6 Å². The molecule has 0 saturated carbocycles. The molecule has 0 aliphatic heterocycles. The molecular weight excluding hydrogens is 242 g/mol. The Morgan fingerprint density at radius 2 is 2.25 bits per heavy atom. The number of aliphatic hydroxyl groups is 1. The molecule has 1 unspecified atom stereocenters. The molecule has 16 heavy (non-hydrogen) atoms. The maximum absolute atomic E-state index is 10.2. The van der Waals surface area contributed by atoms with Gasteiger partial charge in [0.2, 0.25) is 0 Å². The van der Waals surface area contributed by atoms with E-state index in [1.807, 2.05) is 23.6 Å². The molecule has 80 valence electrons. The summed E-state index contributed by atoms with van der Waals surface area (Å²) in [6.45, 7) is 0. The molecule has 2 aromatic heterocycles. The second-order valence-electron chi connectivity index (χ2n) is 3.24. The van der Waals surface area contributed by atoms with Crippen LogP contribution in [0.25, 0.3) is 10.2 Å². The van der Waals surface area contributed by atoms with Gasteiger partial charge in [0.25, 0.3) is 0 Å². The smallest absolute Gasteiger partial charge is 0.132 e. The summed E-state index contributed by atoms with van der Waals surface area (Å²) in [5.74, 6) is 0. The number of hydrogen-bond donors (Lipinski definition) is 1. The van der Waals surface area contributed by atoms with E-state index in [9.17, 15) is 5.11 Å². The molecule has 3 aromatic rings. The molecule has 0 aliphatic carbocycles. The van der Waals surface area contributed by atoms with E-state index >= 15 is 0 Å². The minimum Gasteiger partial charge on any atom is -0.381 e. The van der Waals surface area contributed by atoms with E-state index < -0.39 is 6.10 Å². The van der Waals surface area contributed by atoms with Crippen LogP contribution in [0.15, 0.2) is 29.8 Å². The second kappa shape index (κ2) is 3.89. The van der Waals surface area contributed by atoms with Gasteiger partial charge in [-0.25, -0.2) is 4.98 Å². The van der Waals surface area contributed by atoms with E-state index in [0.717, 1.165) is 15.8 Å². The van der Waals surface area contributed by atoms with Crippen molar-refractivity contribution in [1.29, 1.82) is 0 Å². The highest BCUT2D eigenvalue weighted by Gasteiger charge is 2.17. The van der Waals surface area contributed by atoms with Crippen LogP contribution in [-0.4, -0.2) is 19.7 Å². The van der Waals surface area contributed by atoms with Crippen molar-refractivity contribution < 1.29 is 5.11 Å². The summed E-state index contributed by atoms with van der Waals surface area (Å²) in [6.07, 6.45) is 1.000. The fraction of sp³-hybridized carbons (Fsp3) is 0.100. The van der Waals surface area contributed by atoms with Crippen LogP contribution < -0.4 is 0 Å². The Kier molecular flexibility index (Phi) is 2.39. The topological polar surface area (TPSA) is 58.9 Å². The van der Waals surface area contributed by atoms with Gasteiger partial charge in [-0.05, 0) is 17.6 Å². The van der Waals surface area contributed by atoms with E-state index in [-0.39, 0.29) is 0 Å². The van der Waals surface area contributed by atoms with Gasteiger partial charge in [-0.15, -0.1) is 16.4 Å². The first-order valence-electron chi connectivity index (χ1n) is 4.64. The molecule has 0 radical (unpaired) electrons. The Morgan fingerprint density at radius 1 is 1.31 bits per heavy atom. The largest absolute Gasteiger partial charge is 0.381 e. The minimum atomic E-state index is -0.689. The van der Waals surface area contributed by atoms with Crippen molar-refractivity contribution in [2.45, 2.75) is 6.10 Å². The lowest BCUT2D eigenvalue weighted by molar-refractivity contribution is 0.221. The van der Waals surface area contributed by atoms with Gasteiger partial charge in [-0.3, -0.25) is 0 Å². The summed E-state index contributed by atoms with van der Waals surface area (Å²) in [5, 5.41) is 16.7. The average Bonchev–Trinajstić information content (AvgIpc) is 2.98. The van der Waals surface area contributed by atoms with Crippen molar-refractivity contribution in [1.82, 2.24) is 14.6 Å². The first-order chi connectivity index (χ1) is 7.86. The molecule has 0 spiro atoms. The molecule has 2 heterocycles. The summed E-state index contributed by atoms with van der Waals surface area (Å²) < 4.78 is 4.81. The van der Waals surface area contributed by atoms with Crippen LogP contribution in [0.2, 0.25) is 0 Å². The Morgan fingerprint density at radius 3 is 3.06 bits per heavy atom. The zero-order valence-corrected chi connectivity index (χ0v) is 9.70. The molecule has 0 fully saturated rings. The average molecular weight is 249 g/mol. The molecule has 1 atom stereocenters. The second-order valence-corrected chi connectivity index (χ2v) is 4.92. The number of hydrogen-bond acceptors (Lipinski definition) is 6. The van der Waals surface area contributed by atoms with E-state index in [1.54, 1.807) is 6.20 Å². The van der Waals surface area contributed by atoms with E-state index in [2.05, 4.69) is 14.6 Å². The number of aliphatic hydroxyl groups excluding tert-OH is 1. The Bertz CT molecular complexity index is 605. The molecule has 6 heteroatoms. The Balaban J connectivity index is 2.15. The predicted octanol–water partition coefficient (Wildman–Crippen LogP) is 2.23. The summed E-state index contributed by atoms with van der Waals surface area (Å²) in [4.78, 5) is 4.12. The molecule has 0 amide bonds. The maximum Gasteiger partial charge on any atom is 0.132 e. The third kappa shape index (κ3) is 1.51. The van der Waals surface area contributed by atoms with E-state index in [1.165, 1.54) is 22.9 Å². The Hall–Kier alpha value is -1.37. The van der Waals surface area contributed by atoms with Crippen molar-refractivity contribution in [2.75, 3.05) is 0 Å². The highest BCUT2D eigenvalue weighted by atomic mass is 32.1. The third-order valence-electron chi connectivity index (χ3n) is 2.29. The monoisotopic (exact) mass is 249 g/mol. The first-order valence-corrected chi connectivity index (χ1v) is 6.30.